The molecule has 25 heavy (non-hydrogen) atoms. The molecule has 0 heterocycles. The molecule has 0 saturated carbocycles. The van der Waals surface area contributed by atoms with Gasteiger partial charge in [-0.15, -0.1) is 0 Å². The van der Waals surface area contributed by atoms with Gasteiger partial charge in [-0.05, 0) is 18.3 Å². The van der Waals surface area contributed by atoms with Crippen LogP contribution < -0.4 is 21.7 Å². The molecule has 0 aliphatic rings. The van der Waals surface area contributed by atoms with Gasteiger partial charge >= 0.3 is 5.97 Å². The molecule has 0 rings (SSSR count). The van der Waals surface area contributed by atoms with Crippen molar-refractivity contribution in [3.05, 3.63) is 0 Å². The zero-order valence-electron chi connectivity index (χ0n) is 15.3. The molecule has 0 bridgehead atoms. The zero-order chi connectivity index (χ0) is 19.6. The van der Waals surface area contributed by atoms with Gasteiger partial charge < -0.3 is 26.8 Å². The lowest BCUT2D eigenvalue weighted by molar-refractivity contribution is -0.142. The highest BCUT2D eigenvalue weighted by Crippen LogP contribution is 2.08. The first-order chi connectivity index (χ1) is 11.6. The lowest BCUT2D eigenvalue weighted by Crippen LogP contribution is -2.53. The van der Waals surface area contributed by atoms with Gasteiger partial charge in [-0.25, -0.2) is 4.79 Å². The Bertz CT molecular complexity index is 481. The topological polar surface area (TPSA) is 151 Å². The van der Waals surface area contributed by atoms with E-state index in [1.54, 1.807) is 6.92 Å². The van der Waals surface area contributed by atoms with Crippen LogP contribution in [-0.4, -0.2) is 54.0 Å². The van der Waals surface area contributed by atoms with Crippen LogP contribution >= 0.6 is 0 Å². The standard InChI is InChI=1S/C16H30N4O5/c1-5-10(4)14(20-12(21)7-17)15(23)18-8-13(22)19-11(16(24)25)6-9(2)3/h9-11,14H,5-8,17H2,1-4H3,(H,18,23)(H,19,22)(H,20,21)(H,24,25). The highest BCUT2D eigenvalue weighted by molar-refractivity contribution is 5.92. The highest BCUT2D eigenvalue weighted by atomic mass is 16.4. The Morgan fingerprint density at radius 2 is 1.64 bits per heavy atom. The fourth-order valence-corrected chi connectivity index (χ4v) is 2.15. The Morgan fingerprint density at radius 1 is 1.04 bits per heavy atom. The average molecular weight is 358 g/mol. The first-order valence-corrected chi connectivity index (χ1v) is 8.41. The Morgan fingerprint density at radius 3 is 2.08 bits per heavy atom. The Labute approximate surface area is 148 Å². The van der Waals surface area contributed by atoms with Crippen molar-refractivity contribution >= 4 is 23.7 Å². The lowest BCUT2D eigenvalue weighted by atomic mass is 9.98. The fourth-order valence-electron chi connectivity index (χ4n) is 2.15. The summed E-state index contributed by atoms with van der Waals surface area (Å²) in [6.07, 6.45) is 0.932. The van der Waals surface area contributed by atoms with E-state index in [1.807, 2.05) is 20.8 Å². The molecule has 9 heteroatoms. The molecule has 0 aromatic carbocycles. The van der Waals surface area contributed by atoms with Gasteiger partial charge in [0.2, 0.25) is 17.7 Å². The third-order valence-electron chi connectivity index (χ3n) is 3.76. The van der Waals surface area contributed by atoms with E-state index in [0.717, 1.165) is 0 Å². The smallest absolute Gasteiger partial charge is 0.326 e. The molecule has 144 valence electrons. The van der Waals surface area contributed by atoms with Crippen molar-refractivity contribution in [2.24, 2.45) is 17.6 Å². The number of carbonyl (C=O) groups excluding carboxylic acids is 3. The summed E-state index contributed by atoms with van der Waals surface area (Å²) in [6, 6.07) is -1.81. The van der Waals surface area contributed by atoms with Crippen molar-refractivity contribution < 1.29 is 24.3 Å². The summed E-state index contributed by atoms with van der Waals surface area (Å²) >= 11 is 0. The molecule has 0 aliphatic heterocycles. The van der Waals surface area contributed by atoms with Crippen LogP contribution in [0.4, 0.5) is 0 Å². The summed E-state index contributed by atoms with van der Waals surface area (Å²) in [5.74, 6) is -2.76. The van der Waals surface area contributed by atoms with E-state index >= 15 is 0 Å². The number of carboxylic acids is 1. The van der Waals surface area contributed by atoms with E-state index in [9.17, 15) is 19.2 Å². The molecule has 3 unspecified atom stereocenters. The van der Waals surface area contributed by atoms with Gasteiger partial charge in [0.15, 0.2) is 0 Å². The maximum Gasteiger partial charge on any atom is 0.326 e. The van der Waals surface area contributed by atoms with E-state index in [1.165, 1.54) is 0 Å². The van der Waals surface area contributed by atoms with Crippen LogP contribution in [0.3, 0.4) is 0 Å². The van der Waals surface area contributed by atoms with E-state index in [4.69, 9.17) is 10.8 Å². The second kappa shape index (κ2) is 11.4. The second-order valence-corrected chi connectivity index (χ2v) is 6.44. The molecule has 3 amide bonds. The zero-order valence-corrected chi connectivity index (χ0v) is 15.3. The third-order valence-corrected chi connectivity index (χ3v) is 3.76. The minimum Gasteiger partial charge on any atom is -0.480 e. The van der Waals surface area contributed by atoms with Gasteiger partial charge in [-0.3, -0.25) is 14.4 Å². The maximum absolute atomic E-state index is 12.2. The lowest BCUT2D eigenvalue weighted by Gasteiger charge is -2.23. The predicted octanol–water partition coefficient (Wildman–Crippen LogP) is -0.792. The molecular weight excluding hydrogens is 328 g/mol. The first-order valence-electron chi connectivity index (χ1n) is 8.41. The number of amides is 3. The van der Waals surface area contributed by atoms with Gasteiger partial charge in [-0.1, -0.05) is 34.1 Å². The quantitative estimate of drug-likeness (QED) is 0.326. The summed E-state index contributed by atoms with van der Waals surface area (Å²) in [6.45, 7) is 6.75. The number of hydrogen-bond donors (Lipinski definition) is 5. The van der Waals surface area contributed by atoms with Crippen LogP contribution in [0.2, 0.25) is 0 Å². The molecule has 6 N–H and O–H groups in total. The van der Waals surface area contributed by atoms with Crippen LogP contribution in [0.1, 0.15) is 40.5 Å². The van der Waals surface area contributed by atoms with Gasteiger partial charge in [-0.2, -0.15) is 0 Å². The van der Waals surface area contributed by atoms with Gasteiger partial charge in [0, 0.05) is 0 Å². The van der Waals surface area contributed by atoms with Crippen molar-refractivity contribution in [3.8, 4) is 0 Å². The second-order valence-electron chi connectivity index (χ2n) is 6.44. The number of nitrogens with two attached hydrogens (primary N) is 1. The van der Waals surface area contributed by atoms with E-state index in [0.29, 0.717) is 6.42 Å². The summed E-state index contributed by atoms with van der Waals surface area (Å²) < 4.78 is 0. The van der Waals surface area contributed by atoms with Crippen LogP contribution in [0.15, 0.2) is 0 Å². The summed E-state index contributed by atoms with van der Waals surface area (Å²) in [7, 11) is 0. The molecule has 0 saturated heterocycles. The summed E-state index contributed by atoms with van der Waals surface area (Å²) in [5.41, 5.74) is 5.24. The molecule has 0 radical (unpaired) electrons. The van der Waals surface area contributed by atoms with Crippen molar-refractivity contribution in [3.63, 3.8) is 0 Å². The molecular formula is C16H30N4O5. The maximum atomic E-state index is 12.2. The van der Waals surface area contributed by atoms with Gasteiger partial charge in [0.1, 0.15) is 12.1 Å². The Balaban J connectivity index is 4.68. The number of hydrogen-bond acceptors (Lipinski definition) is 5. The van der Waals surface area contributed by atoms with Crippen LogP contribution in [0, 0.1) is 11.8 Å². The largest absolute Gasteiger partial charge is 0.480 e. The highest BCUT2D eigenvalue weighted by Gasteiger charge is 2.26. The molecule has 0 fully saturated rings. The average Bonchev–Trinajstić information content (AvgIpc) is 2.55. The van der Waals surface area contributed by atoms with Crippen molar-refractivity contribution in [2.75, 3.05) is 13.1 Å². The number of rotatable bonds is 11. The van der Waals surface area contributed by atoms with Gasteiger partial charge in [0.05, 0.1) is 13.1 Å². The van der Waals surface area contributed by atoms with Crippen molar-refractivity contribution in [1.29, 1.82) is 0 Å². The molecule has 0 aromatic heterocycles. The Kier molecular flexibility index (Phi) is 10.4. The summed E-state index contributed by atoms with van der Waals surface area (Å²) in [4.78, 5) is 46.7. The van der Waals surface area contributed by atoms with Gasteiger partial charge in [0.25, 0.3) is 0 Å². The Hall–Kier alpha value is -2.16. The minimum atomic E-state index is -1.12. The normalized spacial score (nSPS) is 14.3. The fraction of sp³-hybridized carbons (Fsp3) is 0.750. The monoisotopic (exact) mass is 358 g/mol. The van der Waals surface area contributed by atoms with E-state index < -0.39 is 35.8 Å². The van der Waals surface area contributed by atoms with E-state index in [2.05, 4.69) is 16.0 Å². The first kappa shape index (κ1) is 22.8. The van der Waals surface area contributed by atoms with Crippen LogP contribution in [0.5, 0.6) is 0 Å². The van der Waals surface area contributed by atoms with E-state index in [-0.39, 0.29) is 31.3 Å². The predicted molar refractivity (Wildman–Crippen MR) is 92.5 cm³/mol. The number of aliphatic carboxylic acids is 1. The van der Waals surface area contributed by atoms with Crippen molar-refractivity contribution in [1.82, 2.24) is 16.0 Å². The molecule has 0 aliphatic carbocycles. The molecule has 3 atom stereocenters. The number of nitrogens with one attached hydrogen (secondary N) is 3. The molecule has 9 nitrogen and oxygen atoms in total. The van der Waals surface area contributed by atoms with Crippen molar-refractivity contribution in [2.45, 2.75) is 52.6 Å². The SMILES string of the molecule is CCC(C)C(NC(=O)CN)C(=O)NCC(=O)NC(CC(C)C)C(=O)O. The number of carbonyl (C=O) groups is 4. The van der Waals surface area contributed by atoms with Crippen LogP contribution in [-0.2, 0) is 19.2 Å². The minimum absolute atomic E-state index is 0.0947. The number of carboxylic acid groups (broad SMARTS) is 1. The third kappa shape index (κ3) is 9.04. The molecule has 0 aromatic rings. The summed E-state index contributed by atoms with van der Waals surface area (Å²) in [5, 5.41) is 16.4. The van der Waals surface area contributed by atoms with Crippen LogP contribution in [0.25, 0.3) is 0 Å². The molecule has 0 spiro atoms.